The van der Waals surface area contributed by atoms with Gasteiger partial charge in [-0.25, -0.2) is 0 Å². The van der Waals surface area contributed by atoms with Gasteiger partial charge in [-0.1, -0.05) is 144 Å². The van der Waals surface area contributed by atoms with Gasteiger partial charge in [0.2, 0.25) is 33.3 Å². The lowest BCUT2D eigenvalue weighted by molar-refractivity contribution is 0.382. The van der Waals surface area contributed by atoms with Crippen molar-refractivity contribution in [1.82, 2.24) is 0 Å². The Morgan fingerprint density at radius 1 is 0.510 bits per heavy atom. The third kappa shape index (κ3) is 12.8. The highest BCUT2D eigenvalue weighted by Gasteiger charge is 2.50. The average molecular weight is 739 g/mol. The second kappa shape index (κ2) is 15.9. The quantitative estimate of drug-likeness (QED) is 0.143. The number of allylic oxidation sites excluding steroid dienone is 4. The first-order valence-electron chi connectivity index (χ1n) is 18.6. The summed E-state index contributed by atoms with van der Waals surface area (Å²) in [5.74, 6) is 2.08. The van der Waals surface area contributed by atoms with Crippen molar-refractivity contribution in [3.05, 3.63) is 84.3 Å². The highest BCUT2D eigenvalue weighted by atomic mass is 28.4. The molecule has 2 unspecified atom stereocenters. The molecule has 0 saturated heterocycles. The van der Waals surface area contributed by atoms with E-state index in [4.69, 9.17) is 13.0 Å². The summed E-state index contributed by atoms with van der Waals surface area (Å²) in [4.78, 5) is 0. The van der Waals surface area contributed by atoms with Crippen LogP contribution in [-0.4, -0.2) is 33.3 Å². The molecule has 0 radical (unpaired) electrons. The molecule has 0 aliphatic heterocycles. The lowest BCUT2D eigenvalue weighted by Gasteiger charge is -2.47. The van der Waals surface area contributed by atoms with E-state index in [-0.39, 0.29) is 20.9 Å². The van der Waals surface area contributed by atoms with Crippen LogP contribution in [0.5, 0.6) is 0 Å². The molecule has 0 spiro atoms. The third-order valence-corrected chi connectivity index (χ3v) is 30.3. The van der Waals surface area contributed by atoms with Crippen molar-refractivity contribution in [3.63, 3.8) is 0 Å². The summed E-state index contributed by atoms with van der Waals surface area (Å²) >= 11 is 0. The van der Waals surface area contributed by atoms with E-state index in [1.165, 1.54) is 10.4 Å². The van der Waals surface area contributed by atoms with Crippen LogP contribution in [0.2, 0.25) is 60.4 Å². The molecule has 49 heavy (non-hydrogen) atoms. The number of rotatable bonds is 14. The first-order chi connectivity index (χ1) is 22.0. The molecule has 2 rings (SSSR count). The van der Waals surface area contributed by atoms with E-state index in [0.717, 1.165) is 35.7 Å². The van der Waals surface area contributed by atoms with E-state index in [0.29, 0.717) is 0 Å². The van der Waals surface area contributed by atoms with Crippen molar-refractivity contribution >= 4 is 43.6 Å². The molecule has 0 N–H and O–H groups in total. The molecular weight excluding hydrogens is 665 g/mol. The third-order valence-electron chi connectivity index (χ3n) is 10.5. The van der Waals surface area contributed by atoms with Crippen molar-refractivity contribution in [2.75, 3.05) is 0 Å². The monoisotopic (exact) mass is 738 g/mol. The van der Waals surface area contributed by atoms with Gasteiger partial charge in [-0.2, -0.15) is 0 Å². The second-order valence-electron chi connectivity index (χ2n) is 20.1. The SMILES string of the molecule is CC(=CC[Si](CC(C)(C)C)(O[Si](CC=C(C)O[Si](C)(C)C(C)(C)C)(CC(C)(C)C)c1ccccc1)c1ccccc1)O[Si](C)(C)C(C)(C)C. The lowest BCUT2D eigenvalue weighted by atomic mass is 10.0. The lowest BCUT2D eigenvalue weighted by Crippen LogP contribution is -2.65. The molecule has 0 amide bonds. The Balaban J connectivity index is 2.92. The van der Waals surface area contributed by atoms with Gasteiger partial charge >= 0.3 is 0 Å². The molecular formula is C42H74O3Si4. The zero-order valence-corrected chi connectivity index (χ0v) is 39.0. The van der Waals surface area contributed by atoms with Crippen LogP contribution in [0.1, 0.15) is 96.9 Å². The van der Waals surface area contributed by atoms with Crippen molar-refractivity contribution in [2.24, 2.45) is 10.8 Å². The normalized spacial score (nSPS) is 16.9. The number of hydrogen-bond acceptors (Lipinski definition) is 3. The first-order valence-corrected chi connectivity index (χ1v) is 29.0. The molecule has 3 nitrogen and oxygen atoms in total. The van der Waals surface area contributed by atoms with Crippen LogP contribution >= 0.6 is 0 Å². The Labute approximate surface area is 307 Å². The minimum absolute atomic E-state index is 0.0693. The number of hydrogen-bond donors (Lipinski definition) is 0. The van der Waals surface area contributed by atoms with Gasteiger partial charge in [-0.05, 0) is 108 Å². The van der Waals surface area contributed by atoms with Gasteiger partial charge in [0.05, 0.1) is 11.5 Å². The zero-order valence-electron chi connectivity index (χ0n) is 35.0. The van der Waals surface area contributed by atoms with Gasteiger partial charge in [-0.3, -0.25) is 0 Å². The summed E-state index contributed by atoms with van der Waals surface area (Å²) in [6.07, 6.45) is 4.79. The predicted octanol–water partition coefficient (Wildman–Crippen LogP) is 12.7. The fourth-order valence-electron chi connectivity index (χ4n) is 6.24. The molecule has 276 valence electrons. The van der Waals surface area contributed by atoms with E-state index in [2.05, 4.69) is 196 Å². The molecule has 2 aromatic carbocycles. The van der Waals surface area contributed by atoms with Crippen LogP contribution in [0.3, 0.4) is 0 Å². The van der Waals surface area contributed by atoms with Gasteiger partial charge in [0.25, 0.3) is 0 Å². The standard InChI is InChI=1S/C42H74O3Si4/c1-35(43-46(15,16)41(9,10)11)29-31-48(33-39(3,4)5,37-25-21-19-22-26-37)45-49(34-40(6,7)8,38-27-23-20-24-28-38)32-30-36(2)44-47(17,18)42(12,13)14/h19-30H,31-34H2,1-18H3. The van der Waals surface area contributed by atoms with Crippen LogP contribution < -0.4 is 10.4 Å². The summed E-state index contributed by atoms with van der Waals surface area (Å²) < 4.78 is 22.1. The summed E-state index contributed by atoms with van der Waals surface area (Å²) in [6.45, 7) is 41.9. The molecule has 2 atom stereocenters. The van der Waals surface area contributed by atoms with Crippen LogP contribution in [0.4, 0.5) is 0 Å². The van der Waals surface area contributed by atoms with Crippen LogP contribution in [0.25, 0.3) is 0 Å². The van der Waals surface area contributed by atoms with E-state index < -0.39 is 33.3 Å². The predicted molar refractivity (Wildman–Crippen MR) is 227 cm³/mol. The van der Waals surface area contributed by atoms with Gasteiger partial charge in [-0.15, -0.1) is 0 Å². The van der Waals surface area contributed by atoms with Crippen molar-refractivity contribution < 1.29 is 13.0 Å². The van der Waals surface area contributed by atoms with Crippen LogP contribution in [-0.2, 0) is 13.0 Å². The van der Waals surface area contributed by atoms with Gasteiger partial charge in [0.15, 0.2) is 0 Å². The highest BCUT2D eigenvalue weighted by Crippen LogP contribution is 2.42. The highest BCUT2D eigenvalue weighted by molar-refractivity contribution is 6.99. The maximum atomic E-state index is 8.35. The Morgan fingerprint density at radius 2 is 0.796 bits per heavy atom. The average Bonchev–Trinajstić information content (AvgIpc) is 2.92. The fraction of sp³-hybridized carbons (Fsp3) is 0.619. The van der Waals surface area contributed by atoms with Crippen molar-refractivity contribution in [2.45, 2.75) is 157 Å². The van der Waals surface area contributed by atoms with Gasteiger partial charge in [0, 0.05) is 0 Å². The fourth-order valence-corrected chi connectivity index (χ4v) is 21.2. The van der Waals surface area contributed by atoms with Gasteiger partial charge < -0.3 is 13.0 Å². The van der Waals surface area contributed by atoms with Gasteiger partial charge in [0.1, 0.15) is 0 Å². The Hall–Kier alpha value is -1.65. The largest absolute Gasteiger partial charge is 0.547 e. The molecule has 7 heteroatoms. The topological polar surface area (TPSA) is 27.7 Å². The second-order valence-corrected chi connectivity index (χ2v) is 37.0. The first kappa shape index (κ1) is 43.5. The maximum Gasteiger partial charge on any atom is 0.250 e. The molecule has 0 aliphatic carbocycles. The molecule has 0 heterocycles. The molecule has 2 aromatic rings. The summed E-state index contributed by atoms with van der Waals surface area (Å²) in [5, 5.41) is 3.02. The Bertz CT molecular complexity index is 1280. The Morgan fingerprint density at radius 3 is 1.04 bits per heavy atom. The molecule has 0 aliphatic rings. The van der Waals surface area contributed by atoms with Crippen LogP contribution in [0.15, 0.2) is 84.3 Å². The summed E-state index contributed by atoms with van der Waals surface area (Å²) in [5.41, 5.74) is 0.139. The molecule has 0 saturated carbocycles. The van der Waals surface area contributed by atoms with Crippen LogP contribution in [0, 0.1) is 10.8 Å². The summed E-state index contributed by atoms with van der Waals surface area (Å²) in [6, 6.07) is 26.3. The maximum absolute atomic E-state index is 8.35. The van der Waals surface area contributed by atoms with E-state index in [9.17, 15) is 0 Å². The van der Waals surface area contributed by atoms with E-state index in [1.807, 2.05) is 0 Å². The van der Waals surface area contributed by atoms with Crippen molar-refractivity contribution in [3.8, 4) is 0 Å². The minimum atomic E-state index is -2.70. The smallest absolute Gasteiger partial charge is 0.250 e. The van der Waals surface area contributed by atoms with Crippen molar-refractivity contribution in [1.29, 1.82) is 0 Å². The van der Waals surface area contributed by atoms with E-state index in [1.54, 1.807) is 0 Å². The minimum Gasteiger partial charge on any atom is -0.547 e. The molecule has 0 aromatic heterocycles. The Kier molecular flexibility index (Phi) is 14.1. The number of benzene rings is 2. The molecule has 0 bridgehead atoms. The zero-order chi connectivity index (χ0) is 37.7. The molecule has 0 fully saturated rings. The van der Waals surface area contributed by atoms with E-state index >= 15 is 0 Å². The summed E-state index contributed by atoms with van der Waals surface area (Å²) in [7, 11) is -9.36.